The number of fused-ring (bicyclic) bond motifs is 2. The minimum Gasteiger partial charge on any atom is -0.289 e. The molecule has 0 saturated carbocycles. The van der Waals surface area contributed by atoms with E-state index >= 15 is 0 Å². The summed E-state index contributed by atoms with van der Waals surface area (Å²) in [6, 6.07) is 10.5. The maximum Gasteiger partial charge on any atom is 0.191 e. The molecule has 0 aliphatic heterocycles. The van der Waals surface area contributed by atoms with E-state index in [1.54, 1.807) is 11.3 Å². The van der Waals surface area contributed by atoms with Gasteiger partial charge in [-0.15, -0.1) is 22.7 Å². The lowest BCUT2D eigenvalue weighted by molar-refractivity contribution is 0.318. The minimum absolute atomic E-state index is 0.261. The van der Waals surface area contributed by atoms with Gasteiger partial charge in [0.2, 0.25) is 0 Å². The van der Waals surface area contributed by atoms with Crippen molar-refractivity contribution in [1.82, 2.24) is 0 Å². The molecule has 0 saturated heterocycles. The van der Waals surface area contributed by atoms with Crippen molar-refractivity contribution in [2.75, 3.05) is 0 Å². The Morgan fingerprint density at radius 1 is 1.18 bits per heavy atom. The zero-order valence-corrected chi connectivity index (χ0v) is 14.4. The van der Waals surface area contributed by atoms with Gasteiger partial charge in [0.15, 0.2) is 5.43 Å². The normalized spacial score (nSPS) is 16.6. The van der Waals surface area contributed by atoms with Crippen LogP contribution in [0.2, 0.25) is 0 Å². The monoisotopic (exact) mass is 326 g/mol. The Labute approximate surface area is 138 Å². The van der Waals surface area contributed by atoms with E-state index in [0.717, 1.165) is 34.9 Å². The third kappa shape index (κ3) is 2.33. The molecule has 4 rings (SSSR count). The van der Waals surface area contributed by atoms with Crippen LogP contribution in [0.25, 0.3) is 20.5 Å². The predicted molar refractivity (Wildman–Crippen MR) is 97.2 cm³/mol. The first kappa shape index (κ1) is 14.2. The third-order valence-corrected chi connectivity index (χ3v) is 6.68. The second kappa shape index (κ2) is 5.04. The molecule has 3 aromatic rings. The third-order valence-electron chi connectivity index (χ3n) is 4.57. The Morgan fingerprint density at radius 2 is 2.05 bits per heavy atom. The minimum atomic E-state index is 0.261. The highest BCUT2D eigenvalue weighted by atomic mass is 32.1. The van der Waals surface area contributed by atoms with Gasteiger partial charge >= 0.3 is 0 Å². The van der Waals surface area contributed by atoms with Crippen molar-refractivity contribution in [3.05, 3.63) is 56.4 Å². The predicted octanol–water partition coefficient (Wildman–Crippen LogP) is 5.50. The molecule has 22 heavy (non-hydrogen) atoms. The van der Waals surface area contributed by atoms with E-state index in [1.807, 2.05) is 17.4 Å². The molecule has 0 radical (unpaired) electrons. The fourth-order valence-corrected chi connectivity index (χ4v) is 5.48. The molecule has 0 unspecified atom stereocenters. The maximum absolute atomic E-state index is 12.8. The molecular formula is C19H18OS2. The van der Waals surface area contributed by atoms with E-state index in [-0.39, 0.29) is 5.43 Å². The van der Waals surface area contributed by atoms with Gasteiger partial charge in [0.1, 0.15) is 0 Å². The Bertz CT molecular complexity index is 901. The molecule has 1 nitrogen and oxygen atoms in total. The summed E-state index contributed by atoms with van der Waals surface area (Å²) in [7, 11) is 0. The van der Waals surface area contributed by atoms with Gasteiger partial charge in [0.25, 0.3) is 0 Å². The van der Waals surface area contributed by atoms with Gasteiger partial charge in [0, 0.05) is 25.4 Å². The molecule has 0 atom stereocenters. The van der Waals surface area contributed by atoms with E-state index in [4.69, 9.17) is 0 Å². The van der Waals surface area contributed by atoms with Gasteiger partial charge in [-0.05, 0) is 53.8 Å². The van der Waals surface area contributed by atoms with Gasteiger partial charge in [-0.1, -0.05) is 26.0 Å². The highest BCUT2D eigenvalue weighted by molar-refractivity contribution is 7.18. The SMILES string of the molecule is CC1(C)CCc2c(sc3cc(-c4cccs4)ccc3c2=O)C1. The van der Waals surface area contributed by atoms with Crippen LogP contribution >= 0.6 is 22.7 Å². The van der Waals surface area contributed by atoms with Crippen LogP contribution < -0.4 is 5.43 Å². The van der Waals surface area contributed by atoms with E-state index in [9.17, 15) is 4.79 Å². The molecule has 0 spiro atoms. The summed E-state index contributed by atoms with van der Waals surface area (Å²) >= 11 is 3.57. The summed E-state index contributed by atoms with van der Waals surface area (Å²) in [5.41, 5.74) is 2.86. The molecule has 3 heteroatoms. The largest absolute Gasteiger partial charge is 0.289 e. The van der Waals surface area contributed by atoms with E-state index in [1.165, 1.54) is 15.3 Å². The highest BCUT2D eigenvalue weighted by Crippen LogP contribution is 2.38. The fourth-order valence-electron chi connectivity index (χ4n) is 3.26. The first-order valence-electron chi connectivity index (χ1n) is 7.66. The molecule has 1 aliphatic carbocycles. The molecular weight excluding hydrogens is 308 g/mol. The van der Waals surface area contributed by atoms with Gasteiger partial charge in [-0.3, -0.25) is 4.79 Å². The van der Waals surface area contributed by atoms with Crippen LogP contribution in [-0.2, 0) is 12.8 Å². The summed E-state index contributed by atoms with van der Waals surface area (Å²) in [5, 5.41) is 2.99. The molecule has 2 heterocycles. The van der Waals surface area contributed by atoms with E-state index in [2.05, 4.69) is 43.5 Å². The van der Waals surface area contributed by atoms with Gasteiger partial charge in [-0.2, -0.15) is 0 Å². The van der Waals surface area contributed by atoms with Crippen molar-refractivity contribution < 1.29 is 0 Å². The average molecular weight is 326 g/mol. The number of rotatable bonds is 1. The Kier molecular flexibility index (Phi) is 3.24. The summed E-state index contributed by atoms with van der Waals surface area (Å²) in [4.78, 5) is 15.4. The van der Waals surface area contributed by atoms with Gasteiger partial charge in [0.05, 0.1) is 0 Å². The topological polar surface area (TPSA) is 17.1 Å². The standard InChI is InChI=1S/C19H18OS2/c1-19(2)8-7-14-17(11-19)22-16-10-12(15-4-3-9-21-15)5-6-13(16)18(14)20/h3-6,9-10H,7-8,11H2,1-2H3. The molecule has 1 aromatic carbocycles. The summed E-state index contributed by atoms with van der Waals surface area (Å²) < 4.78 is 1.13. The van der Waals surface area contributed by atoms with Gasteiger partial charge < -0.3 is 0 Å². The van der Waals surface area contributed by atoms with Crippen molar-refractivity contribution in [3.8, 4) is 10.4 Å². The Balaban J connectivity index is 1.93. The van der Waals surface area contributed by atoms with Crippen LogP contribution in [-0.4, -0.2) is 0 Å². The van der Waals surface area contributed by atoms with Gasteiger partial charge in [-0.25, -0.2) is 0 Å². The molecule has 0 N–H and O–H groups in total. The van der Waals surface area contributed by atoms with Crippen molar-refractivity contribution in [3.63, 3.8) is 0 Å². The summed E-state index contributed by atoms with van der Waals surface area (Å²) in [6.07, 6.45) is 3.07. The molecule has 0 amide bonds. The molecule has 2 aromatic heterocycles. The number of benzene rings is 1. The van der Waals surface area contributed by atoms with Crippen LogP contribution in [0.1, 0.15) is 30.7 Å². The lowest BCUT2D eigenvalue weighted by Gasteiger charge is -2.30. The van der Waals surface area contributed by atoms with Crippen molar-refractivity contribution >= 4 is 32.8 Å². The van der Waals surface area contributed by atoms with Crippen molar-refractivity contribution in [1.29, 1.82) is 0 Å². The van der Waals surface area contributed by atoms with Crippen LogP contribution in [0.15, 0.2) is 40.5 Å². The summed E-state index contributed by atoms with van der Waals surface area (Å²) in [5.74, 6) is 0. The lowest BCUT2D eigenvalue weighted by atomic mass is 9.77. The lowest BCUT2D eigenvalue weighted by Crippen LogP contribution is -2.26. The molecule has 0 fully saturated rings. The quantitative estimate of drug-likeness (QED) is 0.576. The fraction of sp³-hybridized carbons (Fsp3) is 0.316. The molecule has 112 valence electrons. The van der Waals surface area contributed by atoms with Crippen LogP contribution in [0, 0.1) is 5.41 Å². The molecule has 1 aliphatic rings. The highest BCUT2D eigenvalue weighted by Gasteiger charge is 2.28. The smallest absolute Gasteiger partial charge is 0.191 e. The second-order valence-corrected chi connectivity index (χ2v) is 8.95. The van der Waals surface area contributed by atoms with E-state index in [0.29, 0.717) is 5.41 Å². The van der Waals surface area contributed by atoms with Crippen LogP contribution in [0.5, 0.6) is 0 Å². The van der Waals surface area contributed by atoms with Crippen LogP contribution in [0.3, 0.4) is 0 Å². The van der Waals surface area contributed by atoms with Crippen LogP contribution in [0.4, 0.5) is 0 Å². The first-order valence-corrected chi connectivity index (χ1v) is 9.36. The Hall–Kier alpha value is -1.45. The Morgan fingerprint density at radius 3 is 2.82 bits per heavy atom. The first-order chi connectivity index (χ1) is 10.5. The second-order valence-electron chi connectivity index (χ2n) is 6.86. The number of thiophene rings is 1. The zero-order chi connectivity index (χ0) is 15.3. The van der Waals surface area contributed by atoms with Crippen molar-refractivity contribution in [2.24, 2.45) is 5.41 Å². The van der Waals surface area contributed by atoms with Crippen molar-refractivity contribution in [2.45, 2.75) is 33.1 Å². The number of hydrogen-bond acceptors (Lipinski definition) is 3. The summed E-state index contributed by atoms with van der Waals surface area (Å²) in [6.45, 7) is 4.61. The zero-order valence-electron chi connectivity index (χ0n) is 12.8. The van der Waals surface area contributed by atoms with E-state index < -0.39 is 0 Å². The number of hydrogen-bond donors (Lipinski definition) is 0. The molecule has 0 bridgehead atoms. The average Bonchev–Trinajstić information content (AvgIpc) is 2.99. The maximum atomic E-state index is 12.8.